The SMILES string of the molecule is Cc1nc2ccc(NC(=O)C3CC(=O)N(CCc4ccc(F)cc4)C3)cc2s1. The Balaban J connectivity index is 1.35. The fourth-order valence-corrected chi connectivity index (χ4v) is 4.31. The Hall–Kier alpha value is -2.80. The van der Waals surface area contributed by atoms with Gasteiger partial charge in [-0.3, -0.25) is 9.59 Å². The Morgan fingerprint density at radius 2 is 2.07 bits per heavy atom. The van der Waals surface area contributed by atoms with E-state index in [2.05, 4.69) is 10.3 Å². The fraction of sp³-hybridized carbons (Fsp3) is 0.286. The summed E-state index contributed by atoms with van der Waals surface area (Å²) in [6, 6.07) is 11.9. The van der Waals surface area contributed by atoms with E-state index in [9.17, 15) is 14.0 Å². The Kier molecular flexibility index (Phi) is 5.09. The number of thiazole rings is 1. The number of carbonyl (C=O) groups excluding carboxylic acids is 2. The topological polar surface area (TPSA) is 62.3 Å². The number of aryl methyl sites for hydroxylation is 1. The predicted octanol–water partition coefficient (Wildman–Crippen LogP) is 3.77. The Morgan fingerprint density at radius 3 is 2.86 bits per heavy atom. The van der Waals surface area contributed by atoms with Crippen LogP contribution in [0.3, 0.4) is 0 Å². The summed E-state index contributed by atoms with van der Waals surface area (Å²) >= 11 is 1.58. The molecule has 1 atom stereocenters. The second-order valence-corrected chi connectivity index (χ2v) is 8.26. The molecule has 0 saturated carbocycles. The molecule has 2 heterocycles. The number of anilines is 1. The number of hydrogen-bond donors (Lipinski definition) is 1. The van der Waals surface area contributed by atoms with Gasteiger partial charge in [0.05, 0.1) is 21.1 Å². The first kappa shape index (κ1) is 18.6. The lowest BCUT2D eigenvalue weighted by molar-refractivity contribution is -0.128. The van der Waals surface area contributed by atoms with Crippen LogP contribution in [0.2, 0.25) is 0 Å². The number of carbonyl (C=O) groups is 2. The normalized spacial score (nSPS) is 16.7. The van der Waals surface area contributed by atoms with Crippen LogP contribution >= 0.6 is 11.3 Å². The molecule has 0 radical (unpaired) electrons. The molecule has 1 fully saturated rings. The van der Waals surface area contributed by atoms with E-state index in [0.29, 0.717) is 19.5 Å². The summed E-state index contributed by atoms with van der Waals surface area (Å²) in [7, 11) is 0. The van der Waals surface area contributed by atoms with Gasteiger partial charge in [0.2, 0.25) is 11.8 Å². The summed E-state index contributed by atoms with van der Waals surface area (Å²) in [4.78, 5) is 31.0. The van der Waals surface area contributed by atoms with Gasteiger partial charge < -0.3 is 10.2 Å². The molecule has 1 N–H and O–H groups in total. The summed E-state index contributed by atoms with van der Waals surface area (Å²) in [6.45, 7) is 2.89. The highest BCUT2D eigenvalue weighted by Gasteiger charge is 2.34. The smallest absolute Gasteiger partial charge is 0.229 e. The highest BCUT2D eigenvalue weighted by molar-refractivity contribution is 7.18. The van der Waals surface area contributed by atoms with Gasteiger partial charge in [-0.05, 0) is 49.2 Å². The quantitative estimate of drug-likeness (QED) is 0.713. The third kappa shape index (κ3) is 4.04. The van der Waals surface area contributed by atoms with Gasteiger partial charge >= 0.3 is 0 Å². The second kappa shape index (κ2) is 7.67. The van der Waals surface area contributed by atoms with E-state index in [0.717, 1.165) is 26.5 Å². The van der Waals surface area contributed by atoms with Crippen molar-refractivity contribution in [2.75, 3.05) is 18.4 Å². The Labute approximate surface area is 166 Å². The lowest BCUT2D eigenvalue weighted by atomic mass is 10.1. The lowest BCUT2D eigenvalue weighted by Crippen LogP contribution is -2.30. The van der Waals surface area contributed by atoms with Crippen LogP contribution in [0.1, 0.15) is 17.0 Å². The third-order valence-corrected chi connectivity index (χ3v) is 5.87. The number of nitrogens with zero attached hydrogens (tertiary/aromatic N) is 2. The molecular weight excluding hydrogens is 377 g/mol. The van der Waals surface area contributed by atoms with Gasteiger partial charge in [0.25, 0.3) is 0 Å². The van der Waals surface area contributed by atoms with Gasteiger partial charge in [-0.15, -0.1) is 11.3 Å². The van der Waals surface area contributed by atoms with Gasteiger partial charge in [-0.25, -0.2) is 9.37 Å². The molecule has 2 amide bonds. The van der Waals surface area contributed by atoms with Crippen LogP contribution in [0.15, 0.2) is 42.5 Å². The van der Waals surface area contributed by atoms with Crippen molar-refractivity contribution in [1.29, 1.82) is 0 Å². The van der Waals surface area contributed by atoms with Gasteiger partial charge in [0, 0.05) is 25.2 Å². The monoisotopic (exact) mass is 397 g/mol. The molecule has 28 heavy (non-hydrogen) atoms. The first-order chi connectivity index (χ1) is 13.5. The van der Waals surface area contributed by atoms with E-state index in [4.69, 9.17) is 0 Å². The van der Waals surface area contributed by atoms with Crippen LogP contribution in [0.4, 0.5) is 10.1 Å². The molecule has 0 spiro atoms. The first-order valence-corrected chi connectivity index (χ1v) is 10.00. The molecule has 1 aliphatic rings. The average Bonchev–Trinajstić information content (AvgIpc) is 3.22. The highest BCUT2D eigenvalue weighted by atomic mass is 32.1. The minimum absolute atomic E-state index is 0.0178. The standard InChI is InChI=1S/C21H20FN3O2S/c1-13-23-18-7-6-17(11-19(18)28-13)24-21(27)15-10-20(26)25(12-15)9-8-14-2-4-16(22)5-3-14/h2-7,11,15H,8-10,12H2,1H3,(H,24,27). The molecule has 0 bridgehead atoms. The molecular formula is C21H20FN3O2S. The molecule has 7 heteroatoms. The number of benzene rings is 2. The van der Waals surface area contributed by atoms with Crippen LogP contribution in [-0.2, 0) is 16.0 Å². The van der Waals surface area contributed by atoms with Crippen LogP contribution in [-0.4, -0.2) is 34.8 Å². The van der Waals surface area contributed by atoms with E-state index in [1.165, 1.54) is 12.1 Å². The van der Waals surface area contributed by atoms with E-state index in [-0.39, 0.29) is 30.0 Å². The molecule has 1 aliphatic heterocycles. The van der Waals surface area contributed by atoms with Crippen molar-refractivity contribution in [3.63, 3.8) is 0 Å². The largest absolute Gasteiger partial charge is 0.342 e. The van der Waals surface area contributed by atoms with Crippen molar-refractivity contribution in [2.45, 2.75) is 19.8 Å². The molecule has 144 valence electrons. The summed E-state index contributed by atoms with van der Waals surface area (Å²) in [5.74, 6) is -0.793. The van der Waals surface area contributed by atoms with Gasteiger partial charge in [0.1, 0.15) is 5.82 Å². The van der Waals surface area contributed by atoms with Crippen molar-refractivity contribution in [2.24, 2.45) is 5.92 Å². The molecule has 1 unspecified atom stereocenters. The maximum absolute atomic E-state index is 13.0. The highest BCUT2D eigenvalue weighted by Crippen LogP contribution is 2.26. The summed E-state index contributed by atoms with van der Waals surface area (Å²) in [5.41, 5.74) is 2.61. The minimum atomic E-state index is -0.361. The molecule has 1 aromatic heterocycles. The van der Waals surface area contributed by atoms with Crippen LogP contribution in [0, 0.1) is 18.7 Å². The summed E-state index contributed by atoms with van der Waals surface area (Å²) in [5, 5.41) is 3.91. The van der Waals surface area contributed by atoms with Gasteiger partial charge in [-0.2, -0.15) is 0 Å². The van der Waals surface area contributed by atoms with Gasteiger partial charge in [-0.1, -0.05) is 12.1 Å². The zero-order valence-electron chi connectivity index (χ0n) is 15.4. The molecule has 5 nitrogen and oxygen atoms in total. The number of fused-ring (bicyclic) bond motifs is 1. The molecule has 1 saturated heterocycles. The maximum atomic E-state index is 13.0. The number of amides is 2. The first-order valence-electron chi connectivity index (χ1n) is 9.18. The van der Waals surface area contributed by atoms with Gasteiger partial charge in [0.15, 0.2) is 0 Å². The summed E-state index contributed by atoms with van der Waals surface area (Å²) < 4.78 is 14.0. The van der Waals surface area contributed by atoms with E-state index in [1.807, 2.05) is 25.1 Å². The number of halogens is 1. The molecule has 0 aliphatic carbocycles. The lowest BCUT2D eigenvalue weighted by Gasteiger charge is -2.16. The number of nitrogens with one attached hydrogen (secondary N) is 1. The van der Waals surface area contributed by atoms with Crippen molar-refractivity contribution in [3.05, 3.63) is 58.9 Å². The van der Waals surface area contributed by atoms with Crippen molar-refractivity contribution >= 4 is 39.1 Å². The maximum Gasteiger partial charge on any atom is 0.229 e. The Bertz CT molecular complexity index is 1030. The van der Waals surface area contributed by atoms with Crippen molar-refractivity contribution < 1.29 is 14.0 Å². The minimum Gasteiger partial charge on any atom is -0.342 e. The van der Waals surface area contributed by atoms with E-state index < -0.39 is 0 Å². The van der Waals surface area contributed by atoms with E-state index in [1.54, 1.807) is 28.4 Å². The molecule has 3 aromatic rings. The Morgan fingerprint density at radius 1 is 1.29 bits per heavy atom. The number of likely N-dealkylation sites (tertiary alicyclic amines) is 1. The third-order valence-electron chi connectivity index (χ3n) is 4.93. The summed E-state index contributed by atoms with van der Waals surface area (Å²) in [6.07, 6.45) is 0.860. The van der Waals surface area contributed by atoms with E-state index >= 15 is 0 Å². The van der Waals surface area contributed by atoms with Crippen LogP contribution in [0.25, 0.3) is 10.2 Å². The van der Waals surface area contributed by atoms with Crippen LogP contribution in [0.5, 0.6) is 0 Å². The zero-order chi connectivity index (χ0) is 19.7. The second-order valence-electron chi connectivity index (χ2n) is 7.02. The predicted molar refractivity (Wildman–Crippen MR) is 108 cm³/mol. The van der Waals surface area contributed by atoms with Crippen molar-refractivity contribution in [1.82, 2.24) is 9.88 Å². The number of aromatic nitrogens is 1. The number of hydrogen-bond acceptors (Lipinski definition) is 4. The number of rotatable bonds is 5. The molecule has 2 aromatic carbocycles. The molecule has 4 rings (SSSR count). The van der Waals surface area contributed by atoms with Crippen molar-refractivity contribution in [3.8, 4) is 0 Å². The zero-order valence-corrected chi connectivity index (χ0v) is 16.3. The average molecular weight is 397 g/mol. The fourth-order valence-electron chi connectivity index (χ4n) is 3.44. The van der Waals surface area contributed by atoms with Crippen LogP contribution < -0.4 is 5.32 Å².